The van der Waals surface area contributed by atoms with Gasteiger partial charge in [-0.15, -0.1) is 11.3 Å². The van der Waals surface area contributed by atoms with Crippen LogP contribution < -0.4 is 5.32 Å². The lowest BCUT2D eigenvalue weighted by Gasteiger charge is -2.07. The molecule has 0 radical (unpaired) electrons. The quantitative estimate of drug-likeness (QED) is 0.777. The van der Waals surface area contributed by atoms with E-state index in [0.717, 1.165) is 16.1 Å². The number of fused-ring (bicyclic) bond motifs is 1. The Bertz CT molecular complexity index is 761. The van der Waals surface area contributed by atoms with Crippen LogP contribution in [0.15, 0.2) is 48.5 Å². The minimum absolute atomic E-state index is 0.0718. The van der Waals surface area contributed by atoms with Crippen LogP contribution in [0.4, 0.5) is 0 Å². The molecule has 0 bridgehead atoms. The number of benzene rings is 2. The second-order valence-corrected chi connectivity index (χ2v) is 6.39. The second kappa shape index (κ2) is 6.71. The summed E-state index contributed by atoms with van der Waals surface area (Å²) in [5, 5.41) is 4.00. The van der Waals surface area contributed by atoms with Crippen LogP contribution in [0.25, 0.3) is 10.2 Å². The number of para-hydroxylation sites is 1. The van der Waals surface area contributed by atoms with Crippen LogP contribution in [-0.2, 0) is 17.8 Å². The summed E-state index contributed by atoms with van der Waals surface area (Å²) in [6.45, 7) is 2.65. The Balaban J connectivity index is 1.53. The van der Waals surface area contributed by atoms with E-state index in [2.05, 4.69) is 29.4 Å². The Kier molecular flexibility index (Phi) is 4.49. The minimum Gasteiger partial charge on any atom is -0.352 e. The van der Waals surface area contributed by atoms with Crippen LogP contribution in [0.3, 0.4) is 0 Å². The average Bonchev–Trinajstić information content (AvgIpc) is 2.95. The number of nitrogens with one attached hydrogen (secondary N) is 1. The zero-order valence-corrected chi connectivity index (χ0v) is 13.3. The SMILES string of the molecule is Cc1ccccc1CNC(=O)CCc1nc2ccccc2s1. The molecule has 0 aliphatic rings. The number of rotatable bonds is 5. The average molecular weight is 310 g/mol. The molecule has 3 rings (SSSR count). The van der Waals surface area contributed by atoms with Crippen molar-refractivity contribution in [3.8, 4) is 0 Å². The Morgan fingerprint density at radius 2 is 1.91 bits per heavy atom. The molecule has 3 aromatic rings. The van der Waals surface area contributed by atoms with Gasteiger partial charge in [-0.2, -0.15) is 0 Å². The molecule has 1 heterocycles. The number of amides is 1. The smallest absolute Gasteiger partial charge is 0.220 e. The molecule has 0 unspecified atom stereocenters. The summed E-state index contributed by atoms with van der Waals surface area (Å²) in [6.07, 6.45) is 1.17. The highest BCUT2D eigenvalue weighted by Crippen LogP contribution is 2.22. The largest absolute Gasteiger partial charge is 0.352 e. The Labute approximate surface area is 134 Å². The molecule has 0 spiro atoms. The maximum absolute atomic E-state index is 12.0. The lowest BCUT2D eigenvalue weighted by molar-refractivity contribution is -0.121. The first-order valence-corrected chi connectivity index (χ1v) is 8.19. The topological polar surface area (TPSA) is 42.0 Å². The standard InChI is InChI=1S/C18H18N2OS/c1-13-6-2-3-7-14(13)12-19-17(21)10-11-18-20-15-8-4-5-9-16(15)22-18/h2-9H,10-12H2,1H3,(H,19,21). The second-order valence-electron chi connectivity index (χ2n) is 5.28. The molecule has 0 saturated carbocycles. The van der Waals surface area contributed by atoms with Crippen LogP contribution in [0, 0.1) is 6.92 Å². The van der Waals surface area contributed by atoms with Crippen molar-refractivity contribution in [2.45, 2.75) is 26.3 Å². The van der Waals surface area contributed by atoms with Crippen LogP contribution in [0.5, 0.6) is 0 Å². The summed E-state index contributed by atoms with van der Waals surface area (Å²) in [7, 11) is 0. The number of hydrogen-bond acceptors (Lipinski definition) is 3. The number of nitrogens with zero attached hydrogens (tertiary/aromatic N) is 1. The highest BCUT2D eigenvalue weighted by atomic mass is 32.1. The van der Waals surface area contributed by atoms with Gasteiger partial charge in [0.25, 0.3) is 0 Å². The van der Waals surface area contributed by atoms with Gasteiger partial charge in [0, 0.05) is 19.4 Å². The van der Waals surface area contributed by atoms with E-state index in [-0.39, 0.29) is 5.91 Å². The van der Waals surface area contributed by atoms with Gasteiger partial charge in [0.1, 0.15) is 0 Å². The van der Waals surface area contributed by atoms with Gasteiger partial charge in [-0.1, -0.05) is 36.4 Å². The molecular weight excluding hydrogens is 292 g/mol. The van der Waals surface area contributed by atoms with Gasteiger partial charge in [0.05, 0.1) is 15.2 Å². The lowest BCUT2D eigenvalue weighted by atomic mass is 10.1. The van der Waals surface area contributed by atoms with Crippen molar-refractivity contribution in [3.63, 3.8) is 0 Å². The molecular formula is C18H18N2OS. The molecule has 0 aliphatic heterocycles. The molecule has 2 aromatic carbocycles. The zero-order chi connectivity index (χ0) is 15.4. The van der Waals surface area contributed by atoms with E-state index < -0.39 is 0 Å². The van der Waals surface area contributed by atoms with Crippen LogP contribution >= 0.6 is 11.3 Å². The molecule has 1 N–H and O–H groups in total. The summed E-state index contributed by atoms with van der Waals surface area (Å²) in [6, 6.07) is 16.2. The van der Waals surface area contributed by atoms with Crippen molar-refractivity contribution >= 4 is 27.5 Å². The van der Waals surface area contributed by atoms with E-state index >= 15 is 0 Å². The van der Waals surface area contributed by atoms with Crippen molar-refractivity contribution in [2.75, 3.05) is 0 Å². The fourth-order valence-corrected chi connectivity index (χ4v) is 3.30. The van der Waals surface area contributed by atoms with Crippen molar-refractivity contribution in [3.05, 3.63) is 64.7 Å². The highest BCUT2D eigenvalue weighted by molar-refractivity contribution is 7.18. The van der Waals surface area contributed by atoms with E-state index in [1.165, 1.54) is 10.3 Å². The number of thiazole rings is 1. The molecule has 0 fully saturated rings. The van der Waals surface area contributed by atoms with Crippen molar-refractivity contribution in [2.24, 2.45) is 0 Å². The summed E-state index contributed by atoms with van der Waals surface area (Å²) in [5.41, 5.74) is 3.38. The van der Waals surface area contributed by atoms with Crippen LogP contribution in [0.1, 0.15) is 22.6 Å². The monoisotopic (exact) mass is 310 g/mol. The maximum atomic E-state index is 12.0. The van der Waals surface area contributed by atoms with Gasteiger partial charge in [-0.3, -0.25) is 4.79 Å². The van der Waals surface area contributed by atoms with Crippen molar-refractivity contribution in [1.29, 1.82) is 0 Å². The fraction of sp³-hybridized carbons (Fsp3) is 0.222. The van der Waals surface area contributed by atoms with Gasteiger partial charge < -0.3 is 5.32 Å². The van der Waals surface area contributed by atoms with Gasteiger partial charge >= 0.3 is 0 Å². The predicted octanol–water partition coefficient (Wildman–Crippen LogP) is 3.85. The molecule has 112 valence electrons. The summed E-state index contributed by atoms with van der Waals surface area (Å²) in [4.78, 5) is 16.5. The van der Waals surface area contributed by atoms with Gasteiger partial charge in [0.15, 0.2) is 0 Å². The van der Waals surface area contributed by atoms with Crippen molar-refractivity contribution < 1.29 is 4.79 Å². The van der Waals surface area contributed by atoms with Gasteiger partial charge in [-0.05, 0) is 30.2 Å². The number of aryl methyl sites for hydroxylation is 2. The van der Waals surface area contributed by atoms with Crippen LogP contribution in [0.2, 0.25) is 0 Å². The normalized spacial score (nSPS) is 10.8. The Hall–Kier alpha value is -2.20. The van der Waals surface area contributed by atoms with Crippen LogP contribution in [-0.4, -0.2) is 10.9 Å². The zero-order valence-electron chi connectivity index (χ0n) is 12.5. The third kappa shape index (κ3) is 3.52. The molecule has 4 heteroatoms. The van der Waals surface area contributed by atoms with E-state index in [1.807, 2.05) is 36.4 Å². The van der Waals surface area contributed by atoms with E-state index in [1.54, 1.807) is 11.3 Å². The minimum atomic E-state index is 0.0718. The Morgan fingerprint density at radius 1 is 1.14 bits per heavy atom. The highest BCUT2D eigenvalue weighted by Gasteiger charge is 2.07. The Morgan fingerprint density at radius 3 is 2.73 bits per heavy atom. The number of aromatic nitrogens is 1. The third-order valence-corrected chi connectivity index (χ3v) is 4.74. The summed E-state index contributed by atoms with van der Waals surface area (Å²) < 4.78 is 1.18. The molecule has 1 amide bonds. The molecule has 1 aromatic heterocycles. The van der Waals surface area contributed by atoms with E-state index in [4.69, 9.17) is 0 Å². The first kappa shape index (κ1) is 14.7. The molecule has 0 atom stereocenters. The summed E-state index contributed by atoms with van der Waals surface area (Å²) in [5.74, 6) is 0.0718. The summed E-state index contributed by atoms with van der Waals surface area (Å²) >= 11 is 1.67. The molecule has 22 heavy (non-hydrogen) atoms. The van der Waals surface area contributed by atoms with Crippen molar-refractivity contribution in [1.82, 2.24) is 10.3 Å². The van der Waals surface area contributed by atoms with Gasteiger partial charge in [0.2, 0.25) is 5.91 Å². The molecule has 0 aliphatic carbocycles. The number of hydrogen-bond donors (Lipinski definition) is 1. The van der Waals surface area contributed by atoms with E-state index in [0.29, 0.717) is 19.4 Å². The first-order chi connectivity index (χ1) is 10.7. The number of carbonyl (C=O) groups is 1. The predicted molar refractivity (Wildman–Crippen MR) is 91.0 cm³/mol. The molecule has 0 saturated heterocycles. The maximum Gasteiger partial charge on any atom is 0.220 e. The first-order valence-electron chi connectivity index (χ1n) is 7.38. The number of carbonyl (C=O) groups excluding carboxylic acids is 1. The fourth-order valence-electron chi connectivity index (χ4n) is 2.34. The van der Waals surface area contributed by atoms with E-state index in [9.17, 15) is 4.79 Å². The van der Waals surface area contributed by atoms with Gasteiger partial charge in [-0.25, -0.2) is 4.98 Å². The third-order valence-electron chi connectivity index (χ3n) is 3.64. The molecule has 3 nitrogen and oxygen atoms in total. The lowest BCUT2D eigenvalue weighted by Crippen LogP contribution is -2.23.